The highest BCUT2D eigenvalue weighted by Crippen LogP contribution is 2.11. The average Bonchev–Trinajstić information content (AvgIpc) is 2.36. The van der Waals surface area contributed by atoms with Gasteiger partial charge in [0.2, 0.25) is 0 Å². The van der Waals surface area contributed by atoms with Gasteiger partial charge in [0.05, 0.1) is 0 Å². The molecule has 116 valence electrons. The van der Waals surface area contributed by atoms with Crippen LogP contribution in [0, 0.1) is 0 Å². The lowest BCUT2D eigenvalue weighted by molar-refractivity contribution is 0.230. The molecular weight excluding hydrogens is 234 g/mol. The molecule has 0 radical (unpaired) electrons. The molecule has 0 spiro atoms. The fraction of sp³-hybridized carbons (Fsp3) is 1.00. The van der Waals surface area contributed by atoms with Crippen LogP contribution in [0.1, 0.15) is 91.4 Å². The summed E-state index contributed by atoms with van der Waals surface area (Å²) in [6.07, 6.45) is 14.7. The SMILES string of the molecule is CCCCCCCCCCCCNC(C)(C)CCO. The highest BCUT2D eigenvalue weighted by atomic mass is 16.3. The van der Waals surface area contributed by atoms with Crippen LogP contribution in [-0.4, -0.2) is 23.8 Å². The molecule has 0 heterocycles. The van der Waals surface area contributed by atoms with Gasteiger partial charge in [0.25, 0.3) is 0 Å². The van der Waals surface area contributed by atoms with Crippen LogP contribution in [0.5, 0.6) is 0 Å². The minimum atomic E-state index is 0.0913. The third kappa shape index (κ3) is 14.1. The first kappa shape index (κ1) is 18.9. The zero-order chi connectivity index (χ0) is 14.4. The Hall–Kier alpha value is -0.0800. The van der Waals surface area contributed by atoms with Crippen LogP contribution in [0.15, 0.2) is 0 Å². The smallest absolute Gasteiger partial charge is 0.0448 e. The van der Waals surface area contributed by atoms with Crippen molar-refractivity contribution in [2.75, 3.05) is 13.2 Å². The molecule has 19 heavy (non-hydrogen) atoms. The van der Waals surface area contributed by atoms with E-state index < -0.39 is 0 Å². The number of unbranched alkanes of at least 4 members (excludes halogenated alkanes) is 9. The number of nitrogens with one attached hydrogen (secondary N) is 1. The maximum absolute atomic E-state index is 8.94. The molecule has 2 nitrogen and oxygen atoms in total. The summed E-state index contributed by atoms with van der Waals surface area (Å²) >= 11 is 0. The van der Waals surface area contributed by atoms with Gasteiger partial charge in [-0.3, -0.25) is 0 Å². The van der Waals surface area contributed by atoms with E-state index >= 15 is 0 Å². The van der Waals surface area contributed by atoms with Crippen molar-refractivity contribution in [3.8, 4) is 0 Å². The predicted octanol–water partition coefficient (Wildman–Crippen LogP) is 4.66. The Morgan fingerprint density at radius 3 is 1.74 bits per heavy atom. The molecule has 0 rings (SSSR count). The first-order chi connectivity index (χ1) is 9.12. The van der Waals surface area contributed by atoms with Crippen molar-refractivity contribution in [2.45, 2.75) is 96.9 Å². The van der Waals surface area contributed by atoms with Gasteiger partial charge in [0.1, 0.15) is 0 Å². The lowest BCUT2D eigenvalue weighted by Gasteiger charge is -2.25. The van der Waals surface area contributed by atoms with E-state index in [0.717, 1.165) is 13.0 Å². The molecule has 0 aromatic heterocycles. The Kier molecular flexibility index (Phi) is 12.9. The second-order valence-electron chi connectivity index (χ2n) is 6.47. The molecule has 0 unspecified atom stereocenters. The summed E-state index contributed by atoms with van der Waals surface area (Å²) in [6, 6.07) is 0. The van der Waals surface area contributed by atoms with Gasteiger partial charge in [-0.2, -0.15) is 0 Å². The van der Waals surface area contributed by atoms with E-state index in [-0.39, 0.29) is 12.1 Å². The Morgan fingerprint density at radius 2 is 1.26 bits per heavy atom. The van der Waals surface area contributed by atoms with Gasteiger partial charge in [-0.05, 0) is 33.2 Å². The van der Waals surface area contributed by atoms with Crippen LogP contribution in [0.3, 0.4) is 0 Å². The van der Waals surface area contributed by atoms with Crippen molar-refractivity contribution in [2.24, 2.45) is 0 Å². The Balaban J connectivity index is 3.14. The molecule has 0 aromatic carbocycles. The summed E-state index contributed by atoms with van der Waals surface area (Å²) in [6.45, 7) is 7.97. The fourth-order valence-electron chi connectivity index (χ4n) is 2.41. The number of rotatable bonds is 14. The molecule has 0 saturated heterocycles. The van der Waals surface area contributed by atoms with Crippen LogP contribution < -0.4 is 5.32 Å². The van der Waals surface area contributed by atoms with Gasteiger partial charge in [-0.15, -0.1) is 0 Å². The van der Waals surface area contributed by atoms with Crippen LogP contribution >= 0.6 is 0 Å². The number of aliphatic hydroxyl groups is 1. The topological polar surface area (TPSA) is 32.3 Å². The van der Waals surface area contributed by atoms with Crippen LogP contribution in [0.4, 0.5) is 0 Å². The number of hydrogen-bond donors (Lipinski definition) is 2. The van der Waals surface area contributed by atoms with E-state index in [1.54, 1.807) is 0 Å². The zero-order valence-electron chi connectivity index (χ0n) is 13.6. The molecule has 0 saturated carbocycles. The van der Waals surface area contributed by atoms with Gasteiger partial charge in [0, 0.05) is 12.1 Å². The number of aliphatic hydroxyl groups excluding tert-OH is 1. The highest BCUT2D eigenvalue weighted by molar-refractivity contribution is 4.76. The molecule has 0 bridgehead atoms. The van der Waals surface area contributed by atoms with Gasteiger partial charge in [-0.1, -0.05) is 64.7 Å². The fourth-order valence-corrected chi connectivity index (χ4v) is 2.41. The van der Waals surface area contributed by atoms with Crippen LogP contribution in [0.25, 0.3) is 0 Å². The first-order valence-corrected chi connectivity index (χ1v) is 8.48. The van der Waals surface area contributed by atoms with E-state index in [0.29, 0.717) is 0 Å². The van der Waals surface area contributed by atoms with Crippen LogP contribution in [-0.2, 0) is 0 Å². The molecule has 0 aromatic rings. The Labute approximate surface area is 121 Å². The molecule has 0 fully saturated rings. The molecule has 0 aliphatic heterocycles. The largest absolute Gasteiger partial charge is 0.396 e. The lowest BCUT2D eigenvalue weighted by atomic mass is 10.0. The van der Waals surface area contributed by atoms with E-state index in [4.69, 9.17) is 5.11 Å². The molecule has 2 heteroatoms. The second kappa shape index (κ2) is 12.9. The second-order valence-corrected chi connectivity index (χ2v) is 6.47. The highest BCUT2D eigenvalue weighted by Gasteiger charge is 2.14. The van der Waals surface area contributed by atoms with E-state index in [1.807, 2.05) is 0 Å². The van der Waals surface area contributed by atoms with Crippen molar-refractivity contribution in [1.29, 1.82) is 0 Å². The van der Waals surface area contributed by atoms with Crippen molar-refractivity contribution < 1.29 is 5.11 Å². The minimum absolute atomic E-state index is 0.0913. The maximum atomic E-state index is 8.94. The maximum Gasteiger partial charge on any atom is 0.0448 e. The Bertz CT molecular complexity index is 180. The van der Waals surface area contributed by atoms with Crippen molar-refractivity contribution in [3.05, 3.63) is 0 Å². The van der Waals surface area contributed by atoms with Crippen LogP contribution in [0.2, 0.25) is 0 Å². The van der Waals surface area contributed by atoms with Crippen molar-refractivity contribution in [1.82, 2.24) is 5.32 Å². The molecule has 0 aliphatic carbocycles. The molecular formula is C17H37NO. The molecule has 0 aliphatic rings. The lowest BCUT2D eigenvalue weighted by Crippen LogP contribution is -2.40. The molecule has 2 N–H and O–H groups in total. The zero-order valence-corrected chi connectivity index (χ0v) is 13.6. The quantitative estimate of drug-likeness (QED) is 0.450. The third-order valence-corrected chi connectivity index (χ3v) is 3.87. The van der Waals surface area contributed by atoms with Gasteiger partial charge < -0.3 is 10.4 Å². The summed E-state index contributed by atoms with van der Waals surface area (Å²) in [5.74, 6) is 0. The summed E-state index contributed by atoms with van der Waals surface area (Å²) in [5, 5.41) is 12.5. The third-order valence-electron chi connectivity index (χ3n) is 3.87. The monoisotopic (exact) mass is 271 g/mol. The summed E-state index contributed by atoms with van der Waals surface area (Å²) in [7, 11) is 0. The van der Waals surface area contributed by atoms with E-state index in [2.05, 4.69) is 26.1 Å². The average molecular weight is 271 g/mol. The van der Waals surface area contributed by atoms with Crippen molar-refractivity contribution >= 4 is 0 Å². The van der Waals surface area contributed by atoms with Gasteiger partial charge in [0.15, 0.2) is 0 Å². The molecule has 0 amide bonds. The standard InChI is InChI=1S/C17H37NO/c1-4-5-6-7-8-9-10-11-12-13-15-18-17(2,3)14-16-19/h18-19H,4-16H2,1-3H3. The normalized spacial score (nSPS) is 12.0. The summed E-state index contributed by atoms with van der Waals surface area (Å²) in [4.78, 5) is 0. The predicted molar refractivity (Wildman–Crippen MR) is 85.6 cm³/mol. The Morgan fingerprint density at radius 1 is 0.789 bits per heavy atom. The van der Waals surface area contributed by atoms with Crippen molar-refractivity contribution in [3.63, 3.8) is 0 Å². The minimum Gasteiger partial charge on any atom is -0.396 e. The summed E-state index contributed by atoms with van der Waals surface area (Å²) in [5.41, 5.74) is 0.0913. The molecule has 0 atom stereocenters. The summed E-state index contributed by atoms with van der Waals surface area (Å²) < 4.78 is 0. The van der Waals surface area contributed by atoms with Gasteiger partial charge >= 0.3 is 0 Å². The van der Waals surface area contributed by atoms with E-state index in [1.165, 1.54) is 64.2 Å². The first-order valence-electron chi connectivity index (χ1n) is 8.48. The van der Waals surface area contributed by atoms with E-state index in [9.17, 15) is 0 Å². The number of hydrogen-bond acceptors (Lipinski definition) is 2. The van der Waals surface area contributed by atoms with Gasteiger partial charge in [-0.25, -0.2) is 0 Å².